The average molecular weight is 384 g/mol. The fourth-order valence-electron chi connectivity index (χ4n) is 4.38. The zero-order chi connectivity index (χ0) is 20.1. The van der Waals surface area contributed by atoms with Crippen molar-refractivity contribution in [3.05, 3.63) is 42.0 Å². The van der Waals surface area contributed by atoms with Crippen molar-refractivity contribution >= 4 is 5.97 Å². The molecular weight excluding hydrogens is 356 g/mol. The van der Waals surface area contributed by atoms with Crippen molar-refractivity contribution in [2.75, 3.05) is 6.61 Å². The van der Waals surface area contributed by atoms with Crippen molar-refractivity contribution in [3.8, 4) is 17.6 Å². The van der Waals surface area contributed by atoms with E-state index in [9.17, 15) is 15.0 Å². The lowest BCUT2D eigenvalue weighted by molar-refractivity contribution is -0.136. The summed E-state index contributed by atoms with van der Waals surface area (Å²) in [4.78, 5) is 10.7. The van der Waals surface area contributed by atoms with Crippen molar-refractivity contribution < 1.29 is 24.9 Å². The van der Waals surface area contributed by atoms with Crippen molar-refractivity contribution in [2.45, 2.75) is 51.2 Å². The molecule has 3 N–H and O–H groups in total. The Hall–Kier alpha value is -2.29. The van der Waals surface area contributed by atoms with Gasteiger partial charge in [-0.1, -0.05) is 48.6 Å². The number of carboxylic acid groups (broad SMARTS) is 1. The Morgan fingerprint density at radius 2 is 2.14 bits per heavy atom. The Labute approximate surface area is 166 Å². The second-order valence-corrected chi connectivity index (χ2v) is 7.95. The van der Waals surface area contributed by atoms with Crippen LogP contribution in [0.15, 0.2) is 42.0 Å². The van der Waals surface area contributed by atoms with E-state index in [-0.39, 0.29) is 30.3 Å². The molecule has 1 aromatic rings. The quantitative estimate of drug-likeness (QED) is 0.518. The Kier molecular flexibility index (Phi) is 6.43. The third-order valence-corrected chi connectivity index (χ3v) is 6.12. The summed E-state index contributed by atoms with van der Waals surface area (Å²) in [7, 11) is 0. The minimum Gasteiger partial charge on any atom is -0.490 e. The number of fused-ring (bicyclic) bond motifs is 1. The van der Waals surface area contributed by atoms with Gasteiger partial charge in [0.25, 0.3) is 0 Å². The zero-order valence-electron chi connectivity index (χ0n) is 16.2. The molecule has 28 heavy (non-hydrogen) atoms. The van der Waals surface area contributed by atoms with Gasteiger partial charge in [0.15, 0.2) is 0 Å². The van der Waals surface area contributed by atoms with Crippen LogP contribution in [-0.4, -0.2) is 40.1 Å². The second-order valence-electron chi connectivity index (χ2n) is 7.95. The monoisotopic (exact) mass is 384 g/mol. The number of rotatable bonds is 6. The second kappa shape index (κ2) is 8.81. The SMILES string of the molecule is C[C@@]12CC[C@H](O)[C@@H](C#CC(O)COc3ccccc3)[C@@H]1CC2=CCCC(=O)O. The van der Waals surface area contributed by atoms with Gasteiger partial charge in [-0.15, -0.1) is 0 Å². The highest BCUT2D eigenvalue weighted by atomic mass is 16.5. The number of para-hydroxylation sites is 1. The van der Waals surface area contributed by atoms with Crippen molar-refractivity contribution in [2.24, 2.45) is 17.3 Å². The summed E-state index contributed by atoms with van der Waals surface area (Å²) < 4.78 is 5.52. The van der Waals surface area contributed by atoms with Crippen LogP contribution in [0.2, 0.25) is 0 Å². The summed E-state index contributed by atoms with van der Waals surface area (Å²) >= 11 is 0. The number of carbonyl (C=O) groups is 1. The van der Waals surface area contributed by atoms with Crippen molar-refractivity contribution in [3.63, 3.8) is 0 Å². The molecule has 0 radical (unpaired) electrons. The lowest BCUT2D eigenvalue weighted by Crippen LogP contribution is -2.51. The first-order chi connectivity index (χ1) is 13.4. The van der Waals surface area contributed by atoms with Gasteiger partial charge in [0.05, 0.1) is 12.0 Å². The van der Waals surface area contributed by atoms with E-state index in [1.807, 2.05) is 30.3 Å². The highest BCUT2D eigenvalue weighted by Gasteiger charge is 2.54. The Balaban J connectivity index is 1.59. The van der Waals surface area contributed by atoms with Gasteiger partial charge in [0.2, 0.25) is 0 Å². The predicted octanol–water partition coefficient (Wildman–Crippen LogP) is 3.02. The van der Waals surface area contributed by atoms with E-state index in [2.05, 4.69) is 24.8 Å². The van der Waals surface area contributed by atoms with Crippen LogP contribution in [0.4, 0.5) is 0 Å². The number of aliphatic hydroxyl groups excluding tert-OH is 2. The first-order valence-electron chi connectivity index (χ1n) is 9.86. The number of carboxylic acids is 1. The number of aliphatic carboxylic acids is 1. The normalized spacial score (nSPS) is 31.1. The van der Waals surface area contributed by atoms with E-state index in [0.29, 0.717) is 18.6 Å². The number of ether oxygens (including phenoxy) is 1. The van der Waals surface area contributed by atoms with E-state index in [4.69, 9.17) is 9.84 Å². The van der Waals surface area contributed by atoms with Gasteiger partial charge in [-0.2, -0.15) is 0 Å². The molecule has 0 aliphatic heterocycles. The number of aliphatic hydroxyl groups is 2. The zero-order valence-corrected chi connectivity index (χ0v) is 16.2. The Morgan fingerprint density at radius 1 is 1.39 bits per heavy atom. The number of allylic oxidation sites excluding steroid dienone is 2. The minimum absolute atomic E-state index is 0.0252. The first kappa shape index (κ1) is 20.4. The third-order valence-electron chi connectivity index (χ3n) is 6.12. The molecular formula is C23H28O5. The molecule has 0 amide bonds. The molecule has 0 bridgehead atoms. The minimum atomic E-state index is -0.911. The van der Waals surface area contributed by atoms with Crippen LogP contribution in [0, 0.1) is 29.1 Å². The maximum atomic E-state index is 10.7. The summed E-state index contributed by atoms with van der Waals surface area (Å²) in [5.74, 6) is 5.92. The highest BCUT2D eigenvalue weighted by molar-refractivity contribution is 5.66. The molecule has 3 rings (SSSR count). The fourth-order valence-corrected chi connectivity index (χ4v) is 4.38. The maximum Gasteiger partial charge on any atom is 0.303 e. The van der Waals surface area contributed by atoms with Gasteiger partial charge in [0, 0.05) is 6.42 Å². The molecule has 1 aromatic carbocycles. The first-order valence-corrected chi connectivity index (χ1v) is 9.86. The van der Waals surface area contributed by atoms with E-state index in [1.54, 1.807) is 0 Å². The summed E-state index contributed by atoms with van der Waals surface area (Å²) in [6.07, 6.45) is 3.72. The molecule has 0 spiro atoms. The Bertz CT molecular complexity index is 775. The molecule has 2 aliphatic rings. The van der Waals surface area contributed by atoms with Crippen molar-refractivity contribution in [1.29, 1.82) is 0 Å². The molecule has 2 fully saturated rings. The molecule has 2 aliphatic carbocycles. The van der Waals surface area contributed by atoms with Gasteiger partial charge in [-0.25, -0.2) is 0 Å². The topological polar surface area (TPSA) is 87.0 Å². The van der Waals surface area contributed by atoms with Crippen LogP contribution < -0.4 is 4.74 Å². The van der Waals surface area contributed by atoms with Crippen LogP contribution in [0.3, 0.4) is 0 Å². The smallest absolute Gasteiger partial charge is 0.303 e. The molecule has 0 saturated heterocycles. The number of benzene rings is 1. The van der Waals surface area contributed by atoms with Crippen LogP contribution in [0.5, 0.6) is 5.75 Å². The summed E-state index contributed by atoms with van der Waals surface area (Å²) in [6, 6.07) is 9.27. The van der Waals surface area contributed by atoms with Crippen LogP contribution in [0.25, 0.3) is 0 Å². The molecule has 2 saturated carbocycles. The van der Waals surface area contributed by atoms with Gasteiger partial charge >= 0.3 is 5.97 Å². The van der Waals surface area contributed by atoms with E-state index < -0.39 is 18.2 Å². The molecule has 5 heteroatoms. The van der Waals surface area contributed by atoms with E-state index >= 15 is 0 Å². The third kappa shape index (κ3) is 4.57. The van der Waals surface area contributed by atoms with Crippen LogP contribution in [0.1, 0.15) is 39.0 Å². The van der Waals surface area contributed by atoms with Gasteiger partial charge in [-0.05, 0) is 49.1 Å². The summed E-state index contributed by atoms with van der Waals surface area (Å²) in [5.41, 5.74) is 1.26. The summed E-state index contributed by atoms with van der Waals surface area (Å²) in [5, 5.41) is 29.4. The fraction of sp³-hybridized carbons (Fsp3) is 0.522. The standard InChI is InChI=1S/C23H28O5/c1-23-13-12-21(25)19(20(23)14-16(23)6-5-9-22(26)27)11-10-17(24)15-28-18-7-3-2-4-8-18/h2-4,6-8,17,19-21,24-25H,5,9,12-15H2,1H3,(H,26,27)/t17?,19-,20-,21-,23-/m0/s1. The van der Waals surface area contributed by atoms with Crippen LogP contribution in [-0.2, 0) is 4.79 Å². The molecule has 0 heterocycles. The van der Waals surface area contributed by atoms with E-state index in [0.717, 1.165) is 12.8 Å². The number of hydrogen-bond acceptors (Lipinski definition) is 4. The number of hydrogen-bond donors (Lipinski definition) is 3. The van der Waals surface area contributed by atoms with Gasteiger partial charge in [-0.3, -0.25) is 4.79 Å². The van der Waals surface area contributed by atoms with Crippen LogP contribution >= 0.6 is 0 Å². The molecule has 5 atom stereocenters. The lowest BCUT2D eigenvalue weighted by Gasteiger charge is -2.57. The Morgan fingerprint density at radius 3 is 2.86 bits per heavy atom. The largest absolute Gasteiger partial charge is 0.490 e. The van der Waals surface area contributed by atoms with Crippen molar-refractivity contribution in [1.82, 2.24) is 0 Å². The predicted molar refractivity (Wildman–Crippen MR) is 106 cm³/mol. The highest BCUT2D eigenvalue weighted by Crippen LogP contribution is 2.60. The van der Waals surface area contributed by atoms with Gasteiger partial charge < -0.3 is 20.1 Å². The molecule has 150 valence electrons. The van der Waals surface area contributed by atoms with Gasteiger partial charge in [0.1, 0.15) is 18.5 Å². The average Bonchev–Trinajstić information content (AvgIpc) is 2.68. The molecule has 1 unspecified atom stereocenters. The molecule has 0 aromatic heterocycles. The molecule has 5 nitrogen and oxygen atoms in total. The van der Waals surface area contributed by atoms with E-state index in [1.165, 1.54) is 5.57 Å². The lowest BCUT2D eigenvalue weighted by atomic mass is 9.48. The summed E-state index contributed by atoms with van der Waals surface area (Å²) in [6.45, 7) is 2.27. The maximum absolute atomic E-state index is 10.7.